The van der Waals surface area contributed by atoms with Gasteiger partial charge >= 0.3 is 0 Å². The first kappa shape index (κ1) is 12.3. The van der Waals surface area contributed by atoms with E-state index < -0.39 is 6.08 Å². The van der Waals surface area contributed by atoms with Crippen molar-refractivity contribution >= 4 is 0 Å². The van der Waals surface area contributed by atoms with Gasteiger partial charge in [-0.3, -0.25) is 0 Å². The number of hydrogen-bond acceptors (Lipinski definition) is 0. The van der Waals surface area contributed by atoms with Gasteiger partial charge < -0.3 is 0 Å². The van der Waals surface area contributed by atoms with Crippen LogP contribution in [0.4, 0.5) is 8.78 Å². The van der Waals surface area contributed by atoms with Gasteiger partial charge in [-0.15, -0.1) is 0 Å². The Bertz CT molecular complexity index is 155. The lowest BCUT2D eigenvalue weighted by Crippen LogP contribution is -1.71. The minimum atomic E-state index is -1.57. The summed E-state index contributed by atoms with van der Waals surface area (Å²) in [7, 11) is 0. The molecule has 0 fully saturated rings. The Morgan fingerprint density at radius 1 is 1.00 bits per heavy atom. The van der Waals surface area contributed by atoms with E-state index in [2.05, 4.69) is 13.0 Å². The summed E-state index contributed by atoms with van der Waals surface area (Å²) in [5, 5.41) is 0. The van der Waals surface area contributed by atoms with Crippen molar-refractivity contribution in [3.05, 3.63) is 24.3 Å². The van der Waals surface area contributed by atoms with Crippen LogP contribution in [-0.2, 0) is 0 Å². The van der Waals surface area contributed by atoms with Crippen LogP contribution in [0.1, 0.15) is 45.4 Å². The van der Waals surface area contributed by atoms with Crippen molar-refractivity contribution in [2.75, 3.05) is 0 Å². The first-order valence-corrected chi connectivity index (χ1v) is 4.93. The molecule has 0 unspecified atom stereocenters. The molecule has 0 heterocycles. The van der Waals surface area contributed by atoms with Crippen molar-refractivity contribution in [3.63, 3.8) is 0 Å². The highest BCUT2D eigenvalue weighted by atomic mass is 19.3. The van der Waals surface area contributed by atoms with Gasteiger partial charge in [0.2, 0.25) is 0 Å². The lowest BCUT2D eigenvalue weighted by Gasteiger charge is -1.91. The standard InChI is InChI=1S/C11H18F2/c1-2-3-4-5-6-7-8-9-10-11(12)13/h6-7,10H,2-5,8-9H2,1H3/b7-6-. The zero-order valence-corrected chi connectivity index (χ0v) is 8.23. The van der Waals surface area contributed by atoms with Gasteiger partial charge in [0.15, 0.2) is 0 Å². The molecule has 0 aromatic heterocycles. The highest BCUT2D eigenvalue weighted by molar-refractivity contribution is 4.87. The van der Waals surface area contributed by atoms with Gasteiger partial charge in [0, 0.05) is 0 Å². The summed E-state index contributed by atoms with van der Waals surface area (Å²) in [6.45, 7) is 2.17. The SMILES string of the molecule is CCCCC/C=C\CCC=C(F)F. The molecule has 0 spiro atoms. The van der Waals surface area contributed by atoms with Crippen molar-refractivity contribution in [1.29, 1.82) is 0 Å². The van der Waals surface area contributed by atoms with Gasteiger partial charge in [0.1, 0.15) is 0 Å². The van der Waals surface area contributed by atoms with Gasteiger partial charge in [0.05, 0.1) is 0 Å². The van der Waals surface area contributed by atoms with E-state index >= 15 is 0 Å². The van der Waals surface area contributed by atoms with Crippen LogP contribution in [0.15, 0.2) is 24.3 Å². The third-order valence-corrected chi connectivity index (χ3v) is 1.77. The summed E-state index contributed by atoms with van der Waals surface area (Å²) in [5.74, 6) is 0. The second-order valence-corrected chi connectivity index (χ2v) is 3.04. The predicted molar refractivity (Wildman–Crippen MR) is 52.8 cm³/mol. The molecule has 0 amide bonds. The molecule has 0 rings (SSSR count). The number of unbranched alkanes of at least 4 members (excludes halogenated alkanes) is 4. The van der Waals surface area contributed by atoms with Gasteiger partial charge in [0.25, 0.3) is 6.08 Å². The molecule has 0 saturated heterocycles. The molecule has 13 heavy (non-hydrogen) atoms. The molecule has 0 saturated carbocycles. The Kier molecular flexibility index (Phi) is 8.95. The highest BCUT2D eigenvalue weighted by Gasteiger charge is 1.85. The van der Waals surface area contributed by atoms with Gasteiger partial charge in [-0.05, 0) is 31.8 Å². The van der Waals surface area contributed by atoms with E-state index in [1.165, 1.54) is 19.3 Å². The third kappa shape index (κ3) is 11.3. The molecule has 0 radical (unpaired) electrons. The normalized spacial score (nSPS) is 10.7. The van der Waals surface area contributed by atoms with Gasteiger partial charge in [-0.25, -0.2) is 0 Å². The summed E-state index contributed by atoms with van der Waals surface area (Å²) in [6, 6.07) is 0. The van der Waals surface area contributed by atoms with Crippen molar-refractivity contribution in [3.8, 4) is 0 Å². The molecule has 0 nitrogen and oxygen atoms in total. The van der Waals surface area contributed by atoms with Crippen molar-refractivity contribution < 1.29 is 8.78 Å². The second kappa shape index (κ2) is 9.43. The second-order valence-electron chi connectivity index (χ2n) is 3.04. The average Bonchev–Trinajstić information content (AvgIpc) is 2.09. The highest BCUT2D eigenvalue weighted by Crippen LogP contribution is 2.04. The van der Waals surface area contributed by atoms with Gasteiger partial charge in [-0.1, -0.05) is 31.9 Å². The molecule has 0 bridgehead atoms. The molecule has 0 aliphatic heterocycles. The summed E-state index contributed by atoms with van der Waals surface area (Å²) >= 11 is 0. The van der Waals surface area contributed by atoms with E-state index in [-0.39, 0.29) is 0 Å². The van der Waals surface area contributed by atoms with Crippen LogP contribution in [0, 0.1) is 0 Å². The van der Waals surface area contributed by atoms with Crippen LogP contribution in [0.5, 0.6) is 0 Å². The Hall–Kier alpha value is -0.660. The van der Waals surface area contributed by atoms with E-state index in [1.54, 1.807) is 0 Å². The lowest BCUT2D eigenvalue weighted by molar-refractivity contribution is 0.417. The Morgan fingerprint density at radius 3 is 2.31 bits per heavy atom. The van der Waals surface area contributed by atoms with Crippen molar-refractivity contribution in [1.82, 2.24) is 0 Å². The molecule has 0 aliphatic rings. The minimum Gasteiger partial charge on any atom is -0.174 e. The molecular weight excluding hydrogens is 170 g/mol. The monoisotopic (exact) mass is 188 g/mol. The summed E-state index contributed by atoms with van der Waals surface area (Å²) in [5.41, 5.74) is 0. The number of hydrogen-bond donors (Lipinski definition) is 0. The van der Waals surface area contributed by atoms with Crippen LogP contribution in [0.3, 0.4) is 0 Å². The largest absolute Gasteiger partial charge is 0.266 e. The Labute approximate surface area is 79.3 Å². The van der Waals surface area contributed by atoms with E-state index in [4.69, 9.17) is 0 Å². The Balaban J connectivity index is 3.17. The molecule has 0 aliphatic carbocycles. The van der Waals surface area contributed by atoms with Crippen LogP contribution in [0.25, 0.3) is 0 Å². The zero-order chi connectivity index (χ0) is 9.94. The van der Waals surface area contributed by atoms with Crippen molar-refractivity contribution in [2.24, 2.45) is 0 Å². The third-order valence-electron chi connectivity index (χ3n) is 1.77. The summed E-state index contributed by atoms with van der Waals surface area (Å²) in [4.78, 5) is 0. The first-order valence-electron chi connectivity index (χ1n) is 4.93. The van der Waals surface area contributed by atoms with Crippen LogP contribution in [0.2, 0.25) is 0 Å². The maximum absolute atomic E-state index is 11.5. The molecule has 0 aromatic carbocycles. The first-order chi connectivity index (χ1) is 6.27. The number of rotatable bonds is 7. The van der Waals surface area contributed by atoms with E-state index in [0.29, 0.717) is 6.42 Å². The minimum absolute atomic E-state index is 0.451. The topological polar surface area (TPSA) is 0 Å². The molecule has 0 atom stereocenters. The Morgan fingerprint density at radius 2 is 1.69 bits per heavy atom. The van der Waals surface area contributed by atoms with Crippen molar-refractivity contribution in [2.45, 2.75) is 45.4 Å². The van der Waals surface area contributed by atoms with Gasteiger partial charge in [-0.2, -0.15) is 8.78 Å². The quantitative estimate of drug-likeness (QED) is 0.402. The van der Waals surface area contributed by atoms with E-state index in [9.17, 15) is 8.78 Å². The number of halogens is 2. The molecule has 0 aromatic rings. The lowest BCUT2D eigenvalue weighted by atomic mass is 10.2. The van der Waals surface area contributed by atoms with Crippen LogP contribution in [-0.4, -0.2) is 0 Å². The maximum Gasteiger partial charge on any atom is 0.266 e. The number of allylic oxidation sites excluding steroid dienone is 3. The fraction of sp³-hybridized carbons (Fsp3) is 0.636. The summed E-state index contributed by atoms with van der Waals surface area (Å²) < 4.78 is 23.1. The van der Waals surface area contributed by atoms with Crippen LogP contribution >= 0.6 is 0 Å². The molecule has 0 N–H and O–H groups in total. The molecular formula is C11H18F2. The van der Waals surface area contributed by atoms with E-state index in [0.717, 1.165) is 18.9 Å². The van der Waals surface area contributed by atoms with Crippen LogP contribution < -0.4 is 0 Å². The molecule has 2 heteroatoms. The fourth-order valence-corrected chi connectivity index (χ4v) is 1.04. The average molecular weight is 188 g/mol. The zero-order valence-electron chi connectivity index (χ0n) is 8.23. The summed E-state index contributed by atoms with van der Waals surface area (Å²) in [6.07, 6.45) is 9.41. The smallest absolute Gasteiger partial charge is 0.174 e. The molecule has 76 valence electrons. The fourth-order valence-electron chi connectivity index (χ4n) is 1.04. The predicted octanol–water partition coefficient (Wildman–Crippen LogP) is 4.68. The van der Waals surface area contributed by atoms with E-state index in [1.807, 2.05) is 6.08 Å². The maximum atomic E-state index is 11.5.